The average Bonchev–Trinajstić information content (AvgIpc) is 2.49. The molecule has 0 aromatic heterocycles. The van der Waals surface area contributed by atoms with Crippen LogP contribution >= 0.6 is 11.6 Å². The van der Waals surface area contributed by atoms with Crippen LogP contribution in [0.5, 0.6) is 11.5 Å². The molecule has 2 N–H and O–H groups in total. The molecule has 0 saturated carbocycles. The van der Waals surface area contributed by atoms with E-state index in [1.54, 1.807) is 14.2 Å². The molecule has 0 spiro atoms. The first kappa shape index (κ1) is 16.4. The summed E-state index contributed by atoms with van der Waals surface area (Å²) in [6, 6.07) is 4.05. The molecule has 118 valence electrons. The predicted octanol–water partition coefficient (Wildman–Crippen LogP) is 1.60. The van der Waals surface area contributed by atoms with Crippen LogP contribution < -0.4 is 15.2 Å². The summed E-state index contributed by atoms with van der Waals surface area (Å²) in [5.41, 5.74) is 7.09. The zero-order valence-electron chi connectivity index (χ0n) is 12.9. The smallest absolute Gasteiger partial charge is 0.179 e. The van der Waals surface area contributed by atoms with Crippen LogP contribution in [0.4, 0.5) is 0 Å². The highest BCUT2D eigenvalue weighted by atomic mass is 35.5. The highest BCUT2D eigenvalue weighted by Gasteiger charge is 2.24. The molecule has 0 amide bonds. The largest absolute Gasteiger partial charge is 0.493 e. The number of ether oxygens (including phenoxy) is 2. The molecule has 0 radical (unpaired) electrons. The molecular weight excluding hydrogens is 290 g/mol. The van der Waals surface area contributed by atoms with E-state index < -0.39 is 0 Å². The Morgan fingerprint density at radius 3 is 2.38 bits per heavy atom. The van der Waals surface area contributed by atoms with Gasteiger partial charge in [-0.1, -0.05) is 11.6 Å². The van der Waals surface area contributed by atoms with E-state index in [2.05, 4.69) is 16.8 Å². The number of nitrogens with zero attached hydrogens (tertiary/aromatic N) is 2. The summed E-state index contributed by atoms with van der Waals surface area (Å²) in [6.07, 6.45) is 0. The van der Waals surface area contributed by atoms with Crippen LogP contribution in [-0.2, 0) is 0 Å². The van der Waals surface area contributed by atoms with E-state index in [1.807, 2.05) is 12.1 Å². The zero-order chi connectivity index (χ0) is 15.4. The molecule has 1 aliphatic heterocycles. The van der Waals surface area contributed by atoms with Crippen LogP contribution in [0.1, 0.15) is 11.6 Å². The predicted molar refractivity (Wildman–Crippen MR) is 85.4 cm³/mol. The van der Waals surface area contributed by atoms with E-state index in [1.165, 1.54) is 0 Å². The first-order chi connectivity index (χ1) is 10.1. The van der Waals surface area contributed by atoms with Gasteiger partial charge in [0.05, 0.1) is 19.2 Å². The van der Waals surface area contributed by atoms with E-state index in [-0.39, 0.29) is 6.04 Å². The zero-order valence-corrected chi connectivity index (χ0v) is 13.7. The van der Waals surface area contributed by atoms with Gasteiger partial charge in [0.2, 0.25) is 0 Å². The minimum absolute atomic E-state index is 0.149. The van der Waals surface area contributed by atoms with E-state index in [9.17, 15) is 0 Å². The van der Waals surface area contributed by atoms with Gasteiger partial charge >= 0.3 is 0 Å². The second kappa shape index (κ2) is 7.31. The summed E-state index contributed by atoms with van der Waals surface area (Å²) in [6.45, 7) is 4.67. The molecule has 21 heavy (non-hydrogen) atoms. The lowest BCUT2D eigenvalue weighted by Gasteiger charge is -2.38. The standard InChI is InChI=1S/C15H24ClN3O2/c1-18-4-6-19(7-5-18)13(10-17)11-8-12(16)15(21-3)14(9-11)20-2/h8-9,13H,4-7,10,17H2,1-3H3. The maximum Gasteiger partial charge on any atom is 0.179 e. The van der Waals surface area contributed by atoms with Crippen molar-refractivity contribution in [1.29, 1.82) is 0 Å². The Morgan fingerprint density at radius 2 is 1.86 bits per heavy atom. The Balaban J connectivity index is 2.27. The van der Waals surface area contributed by atoms with Gasteiger partial charge in [-0.15, -0.1) is 0 Å². The summed E-state index contributed by atoms with van der Waals surface area (Å²) in [4.78, 5) is 4.73. The number of benzene rings is 1. The summed E-state index contributed by atoms with van der Waals surface area (Å²) in [5.74, 6) is 1.21. The molecular formula is C15H24ClN3O2. The third kappa shape index (κ3) is 3.61. The average molecular weight is 314 g/mol. The fraction of sp³-hybridized carbons (Fsp3) is 0.600. The number of methoxy groups -OCH3 is 2. The monoisotopic (exact) mass is 313 g/mol. The number of likely N-dealkylation sites (N-methyl/N-ethyl adjacent to an activating group) is 1. The summed E-state index contributed by atoms with van der Waals surface area (Å²) >= 11 is 6.30. The van der Waals surface area contributed by atoms with Crippen LogP contribution in [0.3, 0.4) is 0 Å². The minimum Gasteiger partial charge on any atom is -0.493 e. The molecule has 5 nitrogen and oxygen atoms in total. The van der Waals surface area contributed by atoms with E-state index in [0.29, 0.717) is 23.1 Å². The Hall–Kier alpha value is -1.01. The lowest BCUT2D eigenvalue weighted by Crippen LogP contribution is -2.47. The van der Waals surface area contributed by atoms with Gasteiger partial charge in [-0.3, -0.25) is 4.90 Å². The SMILES string of the molecule is COc1cc(C(CN)N2CCN(C)CC2)cc(Cl)c1OC. The van der Waals surface area contributed by atoms with Crippen molar-refractivity contribution in [3.05, 3.63) is 22.7 Å². The van der Waals surface area contributed by atoms with E-state index >= 15 is 0 Å². The molecule has 6 heteroatoms. The third-order valence-corrected chi connectivity index (χ3v) is 4.32. The van der Waals surface area contributed by atoms with Crippen molar-refractivity contribution >= 4 is 11.6 Å². The van der Waals surface area contributed by atoms with Crippen molar-refractivity contribution in [2.24, 2.45) is 5.73 Å². The normalized spacial score (nSPS) is 18.5. The molecule has 0 bridgehead atoms. The maximum atomic E-state index is 6.30. The molecule has 2 rings (SSSR count). The Kier molecular flexibility index (Phi) is 5.70. The Bertz CT molecular complexity index is 476. The number of hydrogen-bond donors (Lipinski definition) is 1. The van der Waals surface area contributed by atoms with Gasteiger partial charge in [0.25, 0.3) is 0 Å². The van der Waals surface area contributed by atoms with Gasteiger partial charge < -0.3 is 20.1 Å². The molecule has 1 atom stereocenters. The number of nitrogens with two attached hydrogens (primary N) is 1. The quantitative estimate of drug-likeness (QED) is 0.895. The first-order valence-corrected chi connectivity index (χ1v) is 7.52. The number of halogens is 1. The molecule has 0 aliphatic carbocycles. The summed E-state index contributed by atoms with van der Waals surface area (Å²) in [7, 11) is 5.34. The second-order valence-electron chi connectivity index (χ2n) is 5.33. The molecule has 1 saturated heterocycles. The van der Waals surface area contributed by atoms with Crippen LogP contribution in [0.25, 0.3) is 0 Å². The second-order valence-corrected chi connectivity index (χ2v) is 5.74. The molecule has 1 aromatic rings. The molecule has 1 heterocycles. The van der Waals surface area contributed by atoms with Crippen molar-refractivity contribution in [1.82, 2.24) is 9.80 Å². The number of hydrogen-bond acceptors (Lipinski definition) is 5. The third-order valence-electron chi connectivity index (χ3n) is 4.04. The lowest BCUT2D eigenvalue weighted by atomic mass is 10.0. The Morgan fingerprint density at radius 1 is 1.19 bits per heavy atom. The van der Waals surface area contributed by atoms with Crippen molar-refractivity contribution in [3.8, 4) is 11.5 Å². The molecule has 1 aliphatic rings. The van der Waals surface area contributed by atoms with Gasteiger partial charge in [-0.25, -0.2) is 0 Å². The minimum atomic E-state index is 0.149. The first-order valence-electron chi connectivity index (χ1n) is 7.14. The number of piperazine rings is 1. The van der Waals surface area contributed by atoms with E-state index in [4.69, 9.17) is 26.8 Å². The molecule has 1 unspecified atom stereocenters. The fourth-order valence-corrected chi connectivity index (χ4v) is 3.06. The highest BCUT2D eigenvalue weighted by molar-refractivity contribution is 6.32. The number of rotatable bonds is 5. The highest BCUT2D eigenvalue weighted by Crippen LogP contribution is 2.38. The summed E-state index contributed by atoms with van der Waals surface area (Å²) in [5, 5.41) is 0.555. The van der Waals surface area contributed by atoms with Crippen molar-refractivity contribution in [2.75, 3.05) is 54.0 Å². The van der Waals surface area contributed by atoms with Crippen LogP contribution in [0.15, 0.2) is 12.1 Å². The van der Waals surface area contributed by atoms with Gasteiger partial charge in [0, 0.05) is 38.8 Å². The van der Waals surface area contributed by atoms with Crippen molar-refractivity contribution < 1.29 is 9.47 Å². The van der Waals surface area contributed by atoms with Gasteiger partial charge in [0.1, 0.15) is 0 Å². The maximum absolute atomic E-state index is 6.30. The Labute approximate surface area is 131 Å². The van der Waals surface area contributed by atoms with Crippen LogP contribution in [0.2, 0.25) is 5.02 Å². The molecule has 1 aromatic carbocycles. The van der Waals surface area contributed by atoms with E-state index in [0.717, 1.165) is 31.7 Å². The van der Waals surface area contributed by atoms with Crippen molar-refractivity contribution in [2.45, 2.75) is 6.04 Å². The topological polar surface area (TPSA) is 51.0 Å². The lowest BCUT2D eigenvalue weighted by molar-refractivity contribution is 0.114. The van der Waals surface area contributed by atoms with Crippen LogP contribution in [0, 0.1) is 0 Å². The van der Waals surface area contributed by atoms with Gasteiger partial charge in [-0.05, 0) is 24.7 Å². The fourth-order valence-electron chi connectivity index (χ4n) is 2.76. The van der Waals surface area contributed by atoms with Crippen LogP contribution in [-0.4, -0.2) is 63.8 Å². The van der Waals surface area contributed by atoms with Gasteiger partial charge in [-0.2, -0.15) is 0 Å². The van der Waals surface area contributed by atoms with Gasteiger partial charge in [0.15, 0.2) is 11.5 Å². The molecule has 1 fully saturated rings. The van der Waals surface area contributed by atoms with Crippen molar-refractivity contribution in [3.63, 3.8) is 0 Å². The summed E-state index contributed by atoms with van der Waals surface area (Å²) < 4.78 is 10.7.